The standard InChI is InChI=1S/C10H14O3S/c1-7-8(11)5-9(12)13-10(7)3-2-4-14-6-10/h7H,2-6H2,1H3. The lowest BCUT2D eigenvalue weighted by Gasteiger charge is -2.42. The second-order valence-electron chi connectivity index (χ2n) is 4.06. The van der Waals surface area contributed by atoms with Crippen molar-refractivity contribution in [3.8, 4) is 0 Å². The minimum absolute atomic E-state index is 0.0341. The molecular formula is C10H14O3S. The summed E-state index contributed by atoms with van der Waals surface area (Å²) in [5.74, 6) is 1.48. The van der Waals surface area contributed by atoms with E-state index in [9.17, 15) is 9.59 Å². The van der Waals surface area contributed by atoms with Crippen LogP contribution in [0.25, 0.3) is 0 Å². The van der Waals surface area contributed by atoms with Gasteiger partial charge in [-0.2, -0.15) is 11.8 Å². The Hall–Kier alpha value is -0.510. The molecule has 2 rings (SSSR count). The molecule has 78 valence electrons. The number of carbonyl (C=O) groups is 2. The summed E-state index contributed by atoms with van der Waals surface area (Å²) in [5, 5.41) is 0. The quantitative estimate of drug-likeness (QED) is 0.451. The van der Waals surface area contributed by atoms with Crippen molar-refractivity contribution >= 4 is 23.5 Å². The molecule has 2 aliphatic rings. The van der Waals surface area contributed by atoms with Gasteiger partial charge in [-0.3, -0.25) is 9.59 Å². The summed E-state index contributed by atoms with van der Waals surface area (Å²) in [6.45, 7) is 1.89. The van der Waals surface area contributed by atoms with Crippen molar-refractivity contribution in [2.45, 2.75) is 31.8 Å². The Morgan fingerprint density at radius 1 is 1.50 bits per heavy atom. The molecule has 14 heavy (non-hydrogen) atoms. The first-order valence-electron chi connectivity index (χ1n) is 4.96. The minimum Gasteiger partial charge on any atom is -0.457 e. The van der Waals surface area contributed by atoms with Crippen LogP contribution in [-0.4, -0.2) is 28.9 Å². The molecule has 2 fully saturated rings. The van der Waals surface area contributed by atoms with E-state index in [-0.39, 0.29) is 24.1 Å². The number of carbonyl (C=O) groups excluding carboxylic acids is 2. The first-order valence-corrected chi connectivity index (χ1v) is 6.12. The van der Waals surface area contributed by atoms with Gasteiger partial charge in [-0.25, -0.2) is 0 Å². The predicted molar refractivity (Wildman–Crippen MR) is 54.2 cm³/mol. The average Bonchev–Trinajstić information content (AvgIpc) is 2.15. The average molecular weight is 214 g/mol. The van der Waals surface area contributed by atoms with Gasteiger partial charge >= 0.3 is 5.97 Å². The Morgan fingerprint density at radius 3 is 2.93 bits per heavy atom. The highest BCUT2D eigenvalue weighted by molar-refractivity contribution is 7.99. The van der Waals surface area contributed by atoms with Crippen molar-refractivity contribution in [3.05, 3.63) is 0 Å². The second-order valence-corrected chi connectivity index (χ2v) is 5.16. The van der Waals surface area contributed by atoms with Crippen LogP contribution in [0.15, 0.2) is 0 Å². The molecule has 0 N–H and O–H groups in total. The molecule has 0 saturated carbocycles. The van der Waals surface area contributed by atoms with Crippen LogP contribution in [0.1, 0.15) is 26.2 Å². The number of ketones is 1. The van der Waals surface area contributed by atoms with Gasteiger partial charge in [-0.05, 0) is 18.6 Å². The SMILES string of the molecule is CC1C(=O)CC(=O)OC12CCCSC2. The third kappa shape index (κ3) is 1.56. The molecule has 2 heterocycles. The first kappa shape index (κ1) is 10.0. The molecule has 3 nitrogen and oxygen atoms in total. The molecule has 2 unspecified atom stereocenters. The molecule has 2 saturated heterocycles. The highest BCUT2D eigenvalue weighted by atomic mass is 32.2. The molecule has 0 aromatic heterocycles. The van der Waals surface area contributed by atoms with Crippen LogP contribution in [0.4, 0.5) is 0 Å². The van der Waals surface area contributed by atoms with E-state index in [0.717, 1.165) is 24.3 Å². The maximum atomic E-state index is 11.6. The van der Waals surface area contributed by atoms with Gasteiger partial charge in [0.2, 0.25) is 0 Å². The number of thioether (sulfide) groups is 1. The minimum atomic E-state index is -0.477. The van der Waals surface area contributed by atoms with E-state index in [4.69, 9.17) is 4.74 Å². The fourth-order valence-electron chi connectivity index (χ4n) is 2.15. The highest BCUT2D eigenvalue weighted by Gasteiger charge is 2.48. The molecule has 1 spiro atoms. The lowest BCUT2D eigenvalue weighted by molar-refractivity contribution is -0.176. The molecule has 0 bridgehead atoms. The summed E-state index contributed by atoms with van der Waals surface area (Å²) in [6.07, 6.45) is 1.85. The number of hydrogen-bond donors (Lipinski definition) is 0. The fourth-order valence-corrected chi connectivity index (χ4v) is 3.44. The van der Waals surface area contributed by atoms with E-state index >= 15 is 0 Å². The van der Waals surface area contributed by atoms with Gasteiger partial charge in [-0.1, -0.05) is 6.92 Å². The Morgan fingerprint density at radius 2 is 2.29 bits per heavy atom. The largest absolute Gasteiger partial charge is 0.457 e. The van der Waals surface area contributed by atoms with Gasteiger partial charge in [0.1, 0.15) is 12.0 Å². The van der Waals surface area contributed by atoms with E-state index in [0.29, 0.717) is 0 Å². The molecule has 0 radical (unpaired) electrons. The Balaban J connectivity index is 2.21. The fraction of sp³-hybridized carbons (Fsp3) is 0.800. The van der Waals surface area contributed by atoms with Crippen LogP contribution < -0.4 is 0 Å². The summed E-state index contributed by atoms with van der Waals surface area (Å²) in [6, 6.07) is 0. The van der Waals surface area contributed by atoms with E-state index in [1.165, 1.54) is 0 Å². The zero-order valence-corrected chi connectivity index (χ0v) is 9.06. The normalized spacial score (nSPS) is 38.5. The van der Waals surface area contributed by atoms with Crippen molar-refractivity contribution in [2.75, 3.05) is 11.5 Å². The van der Waals surface area contributed by atoms with Crippen molar-refractivity contribution in [1.82, 2.24) is 0 Å². The zero-order valence-electron chi connectivity index (χ0n) is 8.25. The van der Waals surface area contributed by atoms with Crippen LogP contribution in [0.3, 0.4) is 0 Å². The molecule has 2 atom stereocenters. The van der Waals surface area contributed by atoms with Gasteiger partial charge in [-0.15, -0.1) is 0 Å². The molecule has 0 aliphatic carbocycles. The van der Waals surface area contributed by atoms with Gasteiger partial charge in [0, 0.05) is 5.75 Å². The van der Waals surface area contributed by atoms with Gasteiger partial charge in [0.15, 0.2) is 5.78 Å². The van der Waals surface area contributed by atoms with Crippen molar-refractivity contribution in [2.24, 2.45) is 5.92 Å². The predicted octanol–water partition coefficient (Wildman–Crippen LogP) is 1.40. The van der Waals surface area contributed by atoms with Crippen molar-refractivity contribution < 1.29 is 14.3 Å². The van der Waals surface area contributed by atoms with E-state index < -0.39 is 5.60 Å². The van der Waals surface area contributed by atoms with Crippen LogP contribution >= 0.6 is 11.8 Å². The summed E-state index contributed by atoms with van der Waals surface area (Å²) in [4.78, 5) is 22.8. The number of esters is 1. The molecule has 4 heteroatoms. The summed E-state index contributed by atoms with van der Waals surface area (Å²) < 4.78 is 5.42. The Kier molecular flexibility index (Phi) is 2.56. The maximum absolute atomic E-state index is 11.6. The Labute approximate surface area is 87.6 Å². The monoisotopic (exact) mass is 214 g/mol. The number of Topliss-reactive ketones (excluding diaryl/α,β-unsaturated/α-hetero) is 1. The molecule has 2 aliphatic heterocycles. The maximum Gasteiger partial charge on any atom is 0.313 e. The lowest BCUT2D eigenvalue weighted by atomic mass is 9.80. The van der Waals surface area contributed by atoms with Crippen molar-refractivity contribution in [1.29, 1.82) is 0 Å². The third-order valence-corrected chi connectivity index (χ3v) is 4.41. The van der Waals surface area contributed by atoms with E-state index in [1.807, 2.05) is 6.92 Å². The Bertz CT molecular complexity index is 269. The molecule has 0 amide bonds. The third-order valence-electron chi connectivity index (χ3n) is 3.14. The highest BCUT2D eigenvalue weighted by Crippen LogP contribution is 2.39. The lowest BCUT2D eigenvalue weighted by Crippen LogP contribution is -2.52. The summed E-state index contributed by atoms with van der Waals surface area (Å²) >= 11 is 1.78. The zero-order chi connectivity index (χ0) is 10.2. The smallest absolute Gasteiger partial charge is 0.313 e. The van der Waals surface area contributed by atoms with Crippen LogP contribution in [0, 0.1) is 5.92 Å². The molecule has 0 aromatic carbocycles. The molecular weight excluding hydrogens is 200 g/mol. The number of rotatable bonds is 0. The van der Waals surface area contributed by atoms with E-state index in [2.05, 4.69) is 0 Å². The van der Waals surface area contributed by atoms with Crippen molar-refractivity contribution in [3.63, 3.8) is 0 Å². The van der Waals surface area contributed by atoms with Crippen LogP contribution in [-0.2, 0) is 14.3 Å². The second kappa shape index (κ2) is 3.57. The van der Waals surface area contributed by atoms with Gasteiger partial charge in [0.05, 0.1) is 5.92 Å². The van der Waals surface area contributed by atoms with Gasteiger partial charge < -0.3 is 4.74 Å². The van der Waals surface area contributed by atoms with Crippen LogP contribution in [0.2, 0.25) is 0 Å². The topological polar surface area (TPSA) is 43.4 Å². The number of ether oxygens (including phenoxy) is 1. The van der Waals surface area contributed by atoms with E-state index in [1.54, 1.807) is 11.8 Å². The summed E-state index contributed by atoms with van der Waals surface area (Å²) in [5.41, 5.74) is -0.477. The summed E-state index contributed by atoms with van der Waals surface area (Å²) in [7, 11) is 0. The van der Waals surface area contributed by atoms with Crippen LogP contribution in [0.5, 0.6) is 0 Å². The van der Waals surface area contributed by atoms with Gasteiger partial charge in [0.25, 0.3) is 0 Å². The number of hydrogen-bond acceptors (Lipinski definition) is 4. The molecule has 0 aromatic rings. The first-order chi connectivity index (χ1) is 6.64.